The van der Waals surface area contributed by atoms with Crippen molar-refractivity contribution in [2.45, 2.75) is 0 Å². The van der Waals surface area contributed by atoms with Crippen LogP contribution in [0, 0.1) is 0 Å². The Morgan fingerprint density at radius 1 is 0.938 bits per heavy atom. The molecule has 2 aromatic heterocycles. The smallest absolute Gasteiger partial charge is 0.260 e. The van der Waals surface area contributed by atoms with Gasteiger partial charge in [-0.2, -0.15) is 0 Å². The summed E-state index contributed by atoms with van der Waals surface area (Å²) < 4.78 is 5.37. The number of fused-ring (bicyclic) bond motifs is 2. The summed E-state index contributed by atoms with van der Waals surface area (Å²) in [5, 5.41) is 0.732. The normalized spacial score (nSPS) is 11.4. The third kappa shape index (κ3) is 3.48. The average Bonchev–Trinajstić information content (AvgIpc) is 3.25. The summed E-state index contributed by atoms with van der Waals surface area (Å²) in [7, 11) is 1.58. The zero-order valence-corrected chi connectivity index (χ0v) is 17.3. The average molecular weight is 421 g/mol. The van der Waals surface area contributed by atoms with Gasteiger partial charge < -0.3 is 14.7 Å². The molecule has 0 aliphatic rings. The molecule has 5 rings (SSSR count). The number of benzene rings is 3. The van der Waals surface area contributed by atoms with Crippen molar-refractivity contribution >= 4 is 33.8 Å². The number of carbonyl (C=O) groups is 1. The zero-order chi connectivity index (χ0) is 22.1. The molecule has 2 heterocycles. The van der Waals surface area contributed by atoms with Crippen LogP contribution in [0.4, 0.5) is 0 Å². The fourth-order valence-corrected chi connectivity index (χ4v) is 3.83. The van der Waals surface area contributed by atoms with E-state index < -0.39 is 11.3 Å². The lowest BCUT2D eigenvalue weighted by Gasteiger charge is -2.12. The van der Waals surface area contributed by atoms with Crippen LogP contribution in [0.2, 0.25) is 0 Å². The van der Waals surface area contributed by atoms with E-state index in [1.807, 2.05) is 60.7 Å². The standard InChI is InChI=1S/C26H19N3O3/c1-32-17-11-12-19-18(15-17)24(16-7-3-2-4-8-16)25(26(31)29-19)22(30)13-14-23-27-20-9-5-6-10-21(20)28-23/h2-15H,1H3,(H,27,28)(H,29,31). The summed E-state index contributed by atoms with van der Waals surface area (Å²) in [4.78, 5) is 36.7. The lowest BCUT2D eigenvalue weighted by Crippen LogP contribution is -2.18. The van der Waals surface area contributed by atoms with E-state index in [0.717, 1.165) is 22.0 Å². The van der Waals surface area contributed by atoms with E-state index in [2.05, 4.69) is 15.0 Å². The first-order valence-corrected chi connectivity index (χ1v) is 10.1. The number of nitrogens with one attached hydrogen (secondary N) is 2. The molecule has 0 unspecified atom stereocenters. The molecule has 0 aliphatic heterocycles. The van der Waals surface area contributed by atoms with Gasteiger partial charge in [0.2, 0.25) is 0 Å². The maximum Gasteiger partial charge on any atom is 0.260 e. The lowest BCUT2D eigenvalue weighted by molar-refractivity contribution is 0.104. The number of pyridine rings is 1. The molecule has 0 spiro atoms. The van der Waals surface area contributed by atoms with Gasteiger partial charge in [0.15, 0.2) is 5.78 Å². The molecule has 0 saturated carbocycles. The van der Waals surface area contributed by atoms with E-state index in [9.17, 15) is 9.59 Å². The number of imidazole rings is 1. The van der Waals surface area contributed by atoms with E-state index >= 15 is 0 Å². The van der Waals surface area contributed by atoms with E-state index in [4.69, 9.17) is 4.74 Å². The summed E-state index contributed by atoms with van der Waals surface area (Å²) in [6.45, 7) is 0. The number of ether oxygens (including phenoxy) is 1. The molecule has 6 heteroatoms. The number of carbonyl (C=O) groups excluding carboxylic acids is 1. The first-order valence-electron chi connectivity index (χ1n) is 10.1. The van der Waals surface area contributed by atoms with Gasteiger partial charge in [-0.3, -0.25) is 9.59 Å². The zero-order valence-electron chi connectivity index (χ0n) is 17.3. The fraction of sp³-hybridized carbons (Fsp3) is 0.0385. The quantitative estimate of drug-likeness (QED) is 0.310. The molecular formula is C26H19N3O3. The monoisotopic (exact) mass is 421 g/mol. The van der Waals surface area contributed by atoms with Gasteiger partial charge >= 0.3 is 0 Å². The maximum atomic E-state index is 13.3. The van der Waals surface area contributed by atoms with Gasteiger partial charge in [-0.15, -0.1) is 0 Å². The molecule has 0 atom stereocenters. The number of aromatic nitrogens is 3. The largest absolute Gasteiger partial charge is 0.497 e. The van der Waals surface area contributed by atoms with Gasteiger partial charge in [0.25, 0.3) is 5.56 Å². The molecule has 0 saturated heterocycles. The number of rotatable bonds is 5. The Balaban J connectivity index is 1.67. The summed E-state index contributed by atoms with van der Waals surface area (Å²) in [5.74, 6) is 0.771. The Labute approximate surface area is 183 Å². The number of allylic oxidation sites excluding steroid dienone is 1. The van der Waals surface area contributed by atoms with E-state index in [-0.39, 0.29) is 5.56 Å². The van der Waals surface area contributed by atoms with E-state index in [1.165, 1.54) is 6.08 Å². The second-order valence-electron chi connectivity index (χ2n) is 7.32. The van der Waals surface area contributed by atoms with Crippen LogP contribution in [0.1, 0.15) is 16.2 Å². The first kappa shape index (κ1) is 19.5. The van der Waals surface area contributed by atoms with Crippen molar-refractivity contribution in [2.24, 2.45) is 0 Å². The van der Waals surface area contributed by atoms with Crippen molar-refractivity contribution in [3.63, 3.8) is 0 Å². The summed E-state index contributed by atoms with van der Waals surface area (Å²) in [6, 6.07) is 22.4. The van der Waals surface area contributed by atoms with Crippen molar-refractivity contribution in [3.05, 3.63) is 101 Å². The Kier molecular flexibility index (Phi) is 4.88. The Morgan fingerprint density at radius 3 is 2.50 bits per heavy atom. The molecule has 0 radical (unpaired) electrons. The van der Waals surface area contributed by atoms with Crippen molar-refractivity contribution in [2.75, 3.05) is 7.11 Å². The molecule has 2 N–H and O–H groups in total. The predicted octanol–water partition coefficient (Wildman–Crippen LogP) is 4.98. The van der Waals surface area contributed by atoms with Gasteiger partial charge in [-0.05, 0) is 48.0 Å². The van der Waals surface area contributed by atoms with Gasteiger partial charge in [0, 0.05) is 16.5 Å². The SMILES string of the molecule is COc1ccc2[nH]c(=O)c(C(=O)C=Cc3nc4ccccc4[nH]3)c(-c3ccccc3)c2c1. The molecule has 0 aliphatic carbocycles. The summed E-state index contributed by atoms with van der Waals surface area (Å²) >= 11 is 0. The highest BCUT2D eigenvalue weighted by Crippen LogP contribution is 2.32. The van der Waals surface area contributed by atoms with Crippen LogP contribution in [0.15, 0.2) is 83.7 Å². The second kappa shape index (κ2) is 8.00. The van der Waals surface area contributed by atoms with Crippen molar-refractivity contribution in [1.29, 1.82) is 0 Å². The minimum atomic E-state index is -0.444. The first-order chi connectivity index (χ1) is 15.6. The number of hydrogen-bond donors (Lipinski definition) is 2. The maximum absolute atomic E-state index is 13.3. The van der Waals surface area contributed by atoms with Crippen LogP contribution in [0.3, 0.4) is 0 Å². The molecule has 3 aromatic carbocycles. The predicted molar refractivity (Wildman–Crippen MR) is 126 cm³/mol. The van der Waals surface area contributed by atoms with Gasteiger partial charge in [-0.1, -0.05) is 42.5 Å². The van der Waals surface area contributed by atoms with E-state index in [0.29, 0.717) is 22.7 Å². The topological polar surface area (TPSA) is 87.8 Å². The number of ketones is 1. The molecule has 0 amide bonds. The second-order valence-corrected chi connectivity index (χ2v) is 7.32. The van der Waals surface area contributed by atoms with Crippen LogP contribution in [-0.4, -0.2) is 27.8 Å². The van der Waals surface area contributed by atoms with Crippen LogP contribution in [0.25, 0.3) is 39.1 Å². The summed E-state index contributed by atoms with van der Waals surface area (Å²) in [6.07, 6.45) is 2.97. The Morgan fingerprint density at radius 2 is 1.72 bits per heavy atom. The highest BCUT2D eigenvalue weighted by atomic mass is 16.5. The number of methoxy groups -OCH3 is 1. The Bertz CT molecular complexity index is 1510. The number of aromatic amines is 2. The van der Waals surface area contributed by atoms with Crippen LogP contribution in [-0.2, 0) is 0 Å². The highest BCUT2D eigenvalue weighted by molar-refractivity contribution is 6.15. The third-order valence-electron chi connectivity index (χ3n) is 5.33. The fourth-order valence-electron chi connectivity index (χ4n) is 3.83. The Hall–Kier alpha value is -4.45. The third-order valence-corrected chi connectivity index (χ3v) is 5.33. The van der Waals surface area contributed by atoms with Gasteiger partial charge in [0.05, 0.1) is 23.7 Å². The molecule has 32 heavy (non-hydrogen) atoms. The minimum absolute atomic E-state index is 0.0734. The number of nitrogens with zero attached hydrogens (tertiary/aromatic N) is 1. The molecule has 5 aromatic rings. The number of H-pyrrole nitrogens is 2. The molecule has 156 valence electrons. The van der Waals surface area contributed by atoms with Crippen LogP contribution in [0.5, 0.6) is 5.75 Å². The van der Waals surface area contributed by atoms with Gasteiger partial charge in [-0.25, -0.2) is 4.98 Å². The molecular weight excluding hydrogens is 402 g/mol. The minimum Gasteiger partial charge on any atom is -0.497 e. The molecule has 6 nitrogen and oxygen atoms in total. The van der Waals surface area contributed by atoms with Crippen molar-refractivity contribution < 1.29 is 9.53 Å². The van der Waals surface area contributed by atoms with Crippen molar-refractivity contribution in [1.82, 2.24) is 15.0 Å². The number of para-hydroxylation sites is 2. The van der Waals surface area contributed by atoms with Crippen molar-refractivity contribution in [3.8, 4) is 16.9 Å². The lowest BCUT2D eigenvalue weighted by atomic mass is 9.94. The number of hydrogen-bond acceptors (Lipinski definition) is 4. The highest BCUT2D eigenvalue weighted by Gasteiger charge is 2.19. The van der Waals surface area contributed by atoms with E-state index in [1.54, 1.807) is 25.3 Å². The van der Waals surface area contributed by atoms with Crippen LogP contribution >= 0.6 is 0 Å². The van der Waals surface area contributed by atoms with Crippen LogP contribution < -0.4 is 10.3 Å². The summed E-state index contributed by atoms with van der Waals surface area (Å²) in [5.41, 5.74) is 3.29. The van der Waals surface area contributed by atoms with Gasteiger partial charge in [0.1, 0.15) is 11.6 Å². The molecule has 0 bridgehead atoms. The molecule has 0 fully saturated rings.